The highest BCUT2D eigenvalue weighted by Crippen LogP contribution is 2.20. The molecule has 2 aliphatic heterocycles. The first-order valence-electron chi connectivity index (χ1n) is 7.56. The van der Waals surface area contributed by atoms with Gasteiger partial charge < -0.3 is 5.11 Å². The summed E-state index contributed by atoms with van der Waals surface area (Å²) in [4.78, 5) is 60.2. The lowest BCUT2D eigenvalue weighted by molar-refractivity contribution is -0.153. The van der Waals surface area contributed by atoms with Crippen LogP contribution in [-0.2, 0) is 24.0 Å². The zero-order chi connectivity index (χ0) is 18.0. The third kappa shape index (κ3) is 3.27. The lowest BCUT2D eigenvalue weighted by Crippen LogP contribution is -2.45. The van der Waals surface area contributed by atoms with E-state index in [-0.39, 0.29) is 30.4 Å². The summed E-state index contributed by atoms with van der Waals surface area (Å²) >= 11 is 0. The first kappa shape index (κ1) is 17.6. The maximum absolute atomic E-state index is 11.9. The molecule has 2 aliphatic rings. The number of hydrogen-bond donors (Lipinski definition) is 1. The molecule has 1 N–H and O–H groups in total. The fourth-order valence-electron chi connectivity index (χ4n) is 2.72. The molecule has 0 aromatic rings. The fourth-order valence-corrected chi connectivity index (χ4v) is 2.72. The molecule has 0 aromatic heterocycles. The number of carbonyl (C=O) groups excluding carboxylic acids is 4. The zero-order valence-electron chi connectivity index (χ0n) is 13.4. The molecule has 2 rings (SSSR count). The predicted molar refractivity (Wildman–Crippen MR) is 81.4 cm³/mol. The Morgan fingerprint density at radius 3 is 2.04 bits per heavy atom. The van der Waals surface area contributed by atoms with Gasteiger partial charge >= 0.3 is 5.97 Å². The summed E-state index contributed by atoms with van der Waals surface area (Å²) in [6.07, 6.45) is 3.19. The molecule has 0 bridgehead atoms. The molecule has 1 atom stereocenters. The second kappa shape index (κ2) is 6.77. The Hall–Kier alpha value is -2.77. The number of unbranched alkanes of at least 4 members (excludes halogenated alkanes) is 1. The average Bonchev–Trinajstić information content (AvgIpc) is 2.88. The molecule has 0 spiro atoms. The van der Waals surface area contributed by atoms with Crippen LogP contribution in [0.3, 0.4) is 0 Å². The summed E-state index contributed by atoms with van der Waals surface area (Å²) < 4.78 is 0. The minimum atomic E-state index is -1.26. The van der Waals surface area contributed by atoms with E-state index < -0.39 is 23.8 Å². The number of rotatable bonds is 7. The summed E-state index contributed by atoms with van der Waals surface area (Å²) in [6.45, 7) is 3.19. The monoisotopic (exact) mass is 334 g/mol. The predicted octanol–water partition coefficient (Wildman–Crippen LogP) is 0.240. The summed E-state index contributed by atoms with van der Waals surface area (Å²) in [5, 5.41) is 9.29. The van der Waals surface area contributed by atoms with Crippen LogP contribution in [0.25, 0.3) is 0 Å². The number of aliphatic carboxylic acids is 1. The van der Waals surface area contributed by atoms with Gasteiger partial charge in [-0.3, -0.25) is 29.0 Å². The van der Waals surface area contributed by atoms with Gasteiger partial charge in [0.1, 0.15) is 6.04 Å². The molecule has 1 unspecified atom stereocenters. The summed E-state index contributed by atoms with van der Waals surface area (Å²) in [7, 11) is 0. The first-order valence-corrected chi connectivity index (χ1v) is 7.56. The van der Waals surface area contributed by atoms with Crippen molar-refractivity contribution < 1.29 is 29.1 Å². The summed E-state index contributed by atoms with van der Waals surface area (Å²) in [6, 6.07) is -1.25. The van der Waals surface area contributed by atoms with E-state index in [0.717, 1.165) is 15.9 Å². The quantitative estimate of drug-likeness (QED) is 0.527. The topological polar surface area (TPSA) is 112 Å². The van der Waals surface area contributed by atoms with Crippen LogP contribution in [0.4, 0.5) is 0 Å². The molecule has 0 saturated heterocycles. The fraction of sp³-hybridized carbons (Fsp3) is 0.438. The van der Waals surface area contributed by atoms with E-state index >= 15 is 0 Å². The van der Waals surface area contributed by atoms with Gasteiger partial charge in [-0.25, -0.2) is 4.79 Å². The molecular weight excluding hydrogens is 316 g/mol. The highest BCUT2D eigenvalue weighted by atomic mass is 16.4. The van der Waals surface area contributed by atoms with E-state index in [2.05, 4.69) is 0 Å². The lowest BCUT2D eigenvalue weighted by atomic mass is 10.1. The van der Waals surface area contributed by atoms with Crippen molar-refractivity contribution in [3.05, 3.63) is 23.3 Å². The van der Waals surface area contributed by atoms with Crippen molar-refractivity contribution >= 4 is 29.6 Å². The van der Waals surface area contributed by atoms with Gasteiger partial charge in [0.25, 0.3) is 23.6 Å². The van der Waals surface area contributed by atoms with E-state index in [1.54, 1.807) is 6.92 Å². The highest BCUT2D eigenvalue weighted by molar-refractivity contribution is 6.17. The van der Waals surface area contributed by atoms with E-state index in [0.29, 0.717) is 18.4 Å². The third-order valence-corrected chi connectivity index (χ3v) is 4.03. The van der Waals surface area contributed by atoms with Crippen LogP contribution in [0.15, 0.2) is 23.3 Å². The highest BCUT2D eigenvalue weighted by Gasteiger charge is 2.38. The largest absolute Gasteiger partial charge is 0.480 e. The van der Waals surface area contributed by atoms with Crippen molar-refractivity contribution in [2.45, 2.75) is 39.2 Å². The maximum atomic E-state index is 11.9. The second-order valence-corrected chi connectivity index (χ2v) is 5.81. The van der Waals surface area contributed by atoms with Crippen LogP contribution in [-0.4, -0.2) is 57.1 Å². The van der Waals surface area contributed by atoms with Crippen molar-refractivity contribution in [3.63, 3.8) is 0 Å². The van der Waals surface area contributed by atoms with Crippen molar-refractivity contribution in [2.24, 2.45) is 0 Å². The zero-order valence-corrected chi connectivity index (χ0v) is 13.4. The number of nitrogens with zero attached hydrogens (tertiary/aromatic N) is 2. The van der Waals surface area contributed by atoms with Crippen LogP contribution in [0.5, 0.6) is 0 Å². The minimum Gasteiger partial charge on any atom is -0.480 e. The molecule has 2 heterocycles. The Balaban J connectivity index is 1.89. The van der Waals surface area contributed by atoms with E-state index in [9.17, 15) is 29.1 Å². The van der Waals surface area contributed by atoms with Crippen molar-refractivity contribution in [1.29, 1.82) is 0 Å². The number of carboxylic acids is 1. The van der Waals surface area contributed by atoms with Crippen LogP contribution >= 0.6 is 0 Å². The molecule has 0 saturated carbocycles. The molecule has 24 heavy (non-hydrogen) atoms. The Morgan fingerprint density at radius 1 is 1.00 bits per heavy atom. The molecule has 0 fully saturated rings. The van der Waals surface area contributed by atoms with Gasteiger partial charge in [0.15, 0.2) is 0 Å². The average molecular weight is 334 g/mol. The number of carboxylic acid groups (broad SMARTS) is 1. The van der Waals surface area contributed by atoms with E-state index in [1.807, 2.05) is 0 Å². The number of carbonyl (C=O) groups is 5. The van der Waals surface area contributed by atoms with Crippen molar-refractivity contribution in [2.75, 3.05) is 6.54 Å². The third-order valence-electron chi connectivity index (χ3n) is 4.03. The minimum absolute atomic E-state index is 0.0660. The van der Waals surface area contributed by atoms with Crippen molar-refractivity contribution in [1.82, 2.24) is 9.80 Å². The van der Waals surface area contributed by atoms with E-state index in [4.69, 9.17) is 0 Å². The Bertz CT molecular complexity index is 691. The lowest BCUT2D eigenvalue weighted by Gasteiger charge is -2.23. The first-order chi connectivity index (χ1) is 11.2. The van der Waals surface area contributed by atoms with Gasteiger partial charge in [-0.15, -0.1) is 0 Å². The normalized spacial score (nSPS) is 19.1. The van der Waals surface area contributed by atoms with Gasteiger partial charge in [-0.05, 0) is 33.1 Å². The molecule has 4 amide bonds. The Labute approximate surface area is 138 Å². The molecule has 0 aliphatic carbocycles. The molecule has 8 heteroatoms. The number of hydrogen-bond acceptors (Lipinski definition) is 5. The van der Waals surface area contributed by atoms with Crippen LogP contribution in [0, 0.1) is 0 Å². The Morgan fingerprint density at radius 2 is 1.58 bits per heavy atom. The van der Waals surface area contributed by atoms with Crippen LogP contribution < -0.4 is 0 Å². The molecular formula is C16H18N2O6. The van der Waals surface area contributed by atoms with Gasteiger partial charge in [-0.1, -0.05) is 0 Å². The standard InChI is InChI=1S/C16H18N2O6/c1-9-7-12(19)17(14(9)21)6-4-3-5-11(16(23)24)18-13(20)8-10(2)15(18)22/h7-8,11H,3-6H2,1-2H3,(H,23,24). The van der Waals surface area contributed by atoms with Gasteiger partial charge in [0.2, 0.25) is 0 Å². The smallest absolute Gasteiger partial charge is 0.326 e. The van der Waals surface area contributed by atoms with Gasteiger partial charge in [0, 0.05) is 29.8 Å². The maximum Gasteiger partial charge on any atom is 0.326 e. The molecule has 8 nitrogen and oxygen atoms in total. The van der Waals surface area contributed by atoms with Gasteiger partial charge in [-0.2, -0.15) is 0 Å². The molecule has 128 valence electrons. The van der Waals surface area contributed by atoms with Crippen LogP contribution in [0.2, 0.25) is 0 Å². The Kier molecular flexibility index (Phi) is 4.96. The second-order valence-electron chi connectivity index (χ2n) is 5.81. The van der Waals surface area contributed by atoms with E-state index in [1.165, 1.54) is 13.0 Å². The van der Waals surface area contributed by atoms with Gasteiger partial charge in [0.05, 0.1) is 0 Å². The van der Waals surface area contributed by atoms with Crippen molar-refractivity contribution in [3.8, 4) is 0 Å². The number of amides is 4. The molecule has 0 aromatic carbocycles. The van der Waals surface area contributed by atoms with Crippen LogP contribution in [0.1, 0.15) is 33.1 Å². The SMILES string of the molecule is CC1=CC(=O)N(CCCCC(C(=O)O)N2C(=O)C=C(C)C2=O)C1=O. The molecule has 0 radical (unpaired) electrons. The summed E-state index contributed by atoms with van der Waals surface area (Å²) in [5.74, 6) is -3.21. The summed E-state index contributed by atoms with van der Waals surface area (Å²) in [5.41, 5.74) is 0.583. The number of imide groups is 2.